The molecule has 0 saturated heterocycles. The third-order valence-electron chi connectivity index (χ3n) is 2.52. The Labute approximate surface area is 116 Å². The first-order valence-electron chi connectivity index (χ1n) is 6.68. The average Bonchev–Trinajstić information content (AvgIpc) is 2.28. The van der Waals surface area contributed by atoms with E-state index in [1.807, 2.05) is 58.9 Å². The summed E-state index contributed by atoms with van der Waals surface area (Å²) in [7, 11) is 0. The molecule has 3 N–H and O–H groups in total. The van der Waals surface area contributed by atoms with Gasteiger partial charge in [0.2, 0.25) is 0 Å². The molecule has 1 unspecified atom stereocenters. The highest BCUT2D eigenvalue weighted by molar-refractivity contribution is 5.30. The molecule has 4 nitrogen and oxygen atoms in total. The van der Waals surface area contributed by atoms with E-state index in [1.165, 1.54) is 0 Å². The molecule has 0 aliphatic rings. The van der Waals surface area contributed by atoms with Gasteiger partial charge < -0.3 is 9.47 Å². The lowest BCUT2D eigenvalue weighted by atomic mass is 10.1. The average molecular weight is 266 g/mol. The maximum absolute atomic E-state index is 5.77. The molecule has 0 saturated carbocycles. The van der Waals surface area contributed by atoms with Gasteiger partial charge in [-0.05, 0) is 52.3 Å². The summed E-state index contributed by atoms with van der Waals surface area (Å²) in [5, 5.41) is 0. The van der Waals surface area contributed by atoms with Gasteiger partial charge in [0.1, 0.15) is 5.75 Å². The quantitative estimate of drug-likeness (QED) is 0.614. The minimum absolute atomic E-state index is 0.0464. The fourth-order valence-electron chi connectivity index (χ4n) is 1.65. The number of hydrogen-bond acceptors (Lipinski definition) is 4. The molecule has 4 heteroatoms. The third kappa shape index (κ3) is 6.05. The van der Waals surface area contributed by atoms with Gasteiger partial charge in [-0.25, -0.2) is 0 Å². The number of rotatable bonds is 6. The summed E-state index contributed by atoms with van der Waals surface area (Å²) >= 11 is 0. The number of hydrazine groups is 1. The lowest BCUT2D eigenvalue weighted by Gasteiger charge is -2.24. The van der Waals surface area contributed by atoms with E-state index in [0.29, 0.717) is 6.61 Å². The molecule has 0 spiro atoms. The van der Waals surface area contributed by atoms with Crippen LogP contribution < -0.4 is 16.0 Å². The van der Waals surface area contributed by atoms with E-state index in [-0.39, 0.29) is 17.7 Å². The Morgan fingerprint density at radius 1 is 1.26 bits per heavy atom. The Morgan fingerprint density at radius 2 is 1.95 bits per heavy atom. The lowest BCUT2D eigenvalue weighted by molar-refractivity contribution is -0.0148. The largest absolute Gasteiger partial charge is 0.491 e. The van der Waals surface area contributed by atoms with Crippen LogP contribution in [0.2, 0.25) is 0 Å². The van der Waals surface area contributed by atoms with E-state index in [4.69, 9.17) is 15.3 Å². The summed E-state index contributed by atoms with van der Waals surface area (Å²) in [6.07, 6.45) is 0.158. The zero-order chi connectivity index (χ0) is 14.5. The van der Waals surface area contributed by atoms with E-state index in [1.54, 1.807) is 0 Å². The van der Waals surface area contributed by atoms with Crippen molar-refractivity contribution in [3.63, 3.8) is 0 Å². The van der Waals surface area contributed by atoms with Crippen molar-refractivity contribution in [1.29, 1.82) is 0 Å². The molecule has 0 amide bonds. The van der Waals surface area contributed by atoms with Crippen LogP contribution in [0.25, 0.3) is 0 Å². The maximum atomic E-state index is 5.77. The number of hydrogen-bond donors (Lipinski definition) is 2. The van der Waals surface area contributed by atoms with E-state index < -0.39 is 0 Å². The van der Waals surface area contributed by atoms with Crippen molar-refractivity contribution < 1.29 is 9.47 Å². The van der Waals surface area contributed by atoms with Crippen molar-refractivity contribution in [3.05, 3.63) is 29.8 Å². The van der Waals surface area contributed by atoms with E-state index in [0.717, 1.165) is 11.3 Å². The van der Waals surface area contributed by atoms with Crippen molar-refractivity contribution in [2.75, 3.05) is 6.61 Å². The van der Waals surface area contributed by atoms with E-state index >= 15 is 0 Å². The zero-order valence-electron chi connectivity index (χ0n) is 12.6. The van der Waals surface area contributed by atoms with Gasteiger partial charge in [0, 0.05) is 0 Å². The molecule has 108 valence electrons. The lowest BCUT2D eigenvalue weighted by Crippen LogP contribution is -2.34. The van der Waals surface area contributed by atoms with Gasteiger partial charge in [0.05, 0.1) is 24.4 Å². The molecule has 19 heavy (non-hydrogen) atoms. The predicted octanol–water partition coefficient (Wildman–Crippen LogP) is 2.79. The van der Waals surface area contributed by atoms with Crippen LogP contribution in [0.3, 0.4) is 0 Å². The summed E-state index contributed by atoms with van der Waals surface area (Å²) in [6.45, 7) is 10.6. The molecule has 1 atom stereocenters. The van der Waals surface area contributed by atoms with Gasteiger partial charge >= 0.3 is 0 Å². The molecule has 0 bridgehead atoms. The zero-order valence-corrected chi connectivity index (χ0v) is 12.6. The Hall–Kier alpha value is -1.10. The second kappa shape index (κ2) is 6.89. The number of ether oxygens (including phenoxy) is 2. The fraction of sp³-hybridized carbons (Fsp3) is 0.600. The van der Waals surface area contributed by atoms with Crippen molar-refractivity contribution in [1.82, 2.24) is 5.43 Å². The first kappa shape index (κ1) is 16.0. The Kier molecular flexibility index (Phi) is 5.79. The van der Waals surface area contributed by atoms with Crippen molar-refractivity contribution in [2.45, 2.75) is 52.4 Å². The van der Waals surface area contributed by atoms with Gasteiger partial charge in [-0.3, -0.25) is 11.3 Å². The smallest absolute Gasteiger partial charge is 0.120 e. The standard InChI is InChI=1S/C15H26N2O2/c1-11(2)19-13-8-6-7-12(9-13)14(17-16)10-18-15(3,4)5/h6-9,11,14,17H,10,16H2,1-5H3. The molecule has 1 rings (SSSR count). The minimum Gasteiger partial charge on any atom is -0.491 e. The summed E-state index contributed by atoms with van der Waals surface area (Å²) < 4.78 is 11.5. The minimum atomic E-state index is -0.179. The molecule has 0 aliphatic carbocycles. The van der Waals surface area contributed by atoms with Gasteiger partial charge in [-0.15, -0.1) is 0 Å². The van der Waals surface area contributed by atoms with Crippen LogP contribution in [0.1, 0.15) is 46.2 Å². The number of benzene rings is 1. The second-order valence-corrected chi connectivity index (χ2v) is 5.88. The molecule has 0 heterocycles. The normalized spacial score (nSPS) is 13.6. The van der Waals surface area contributed by atoms with E-state index in [9.17, 15) is 0 Å². The Bertz CT molecular complexity index is 386. The van der Waals surface area contributed by atoms with Crippen molar-refractivity contribution in [2.24, 2.45) is 5.84 Å². The van der Waals surface area contributed by atoms with Gasteiger partial charge in [0.15, 0.2) is 0 Å². The summed E-state index contributed by atoms with van der Waals surface area (Å²) in [5.74, 6) is 6.47. The highest BCUT2D eigenvalue weighted by atomic mass is 16.5. The monoisotopic (exact) mass is 266 g/mol. The van der Waals surface area contributed by atoms with Crippen molar-refractivity contribution >= 4 is 0 Å². The molecule has 1 aromatic rings. The van der Waals surface area contributed by atoms with Crippen LogP contribution in [-0.4, -0.2) is 18.3 Å². The second-order valence-electron chi connectivity index (χ2n) is 5.88. The van der Waals surface area contributed by atoms with Crippen LogP contribution >= 0.6 is 0 Å². The van der Waals surface area contributed by atoms with Crippen LogP contribution in [0.5, 0.6) is 5.75 Å². The maximum Gasteiger partial charge on any atom is 0.120 e. The van der Waals surface area contributed by atoms with Crippen LogP contribution in [0.4, 0.5) is 0 Å². The molecule has 1 aromatic carbocycles. The van der Waals surface area contributed by atoms with Gasteiger partial charge in [0.25, 0.3) is 0 Å². The molecule has 0 fully saturated rings. The number of nitrogens with one attached hydrogen (secondary N) is 1. The molecular formula is C15H26N2O2. The Morgan fingerprint density at radius 3 is 2.47 bits per heavy atom. The summed E-state index contributed by atoms with van der Waals surface area (Å²) in [5.41, 5.74) is 3.67. The molecule has 0 radical (unpaired) electrons. The van der Waals surface area contributed by atoms with Crippen LogP contribution in [0.15, 0.2) is 24.3 Å². The highest BCUT2D eigenvalue weighted by Crippen LogP contribution is 2.21. The van der Waals surface area contributed by atoms with Gasteiger partial charge in [-0.1, -0.05) is 12.1 Å². The van der Waals surface area contributed by atoms with Crippen LogP contribution in [-0.2, 0) is 4.74 Å². The molecule has 0 aliphatic heterocycles. The van der Waals surface area contributed by atoms with Crippen molar-refractivity contribution in [3.8, 4) is 5.75 Å². The topological polar surface area (TPSA) is 56.5 Å². The SMILES string of the molecule is CC(C)Oc1cccc(C(COC(C)(C)C)NN)c1. The summed E-state index contributed by atoms with van der Waals surface area (Å²) in [4.78, 5) is 0. The predicted molar refractivity (Wildman–Crippen MR) is 78.0 cm³/mol. The first-order valence-corrected chi connectivity index (χ1v) is 6.68. The third-order valence-corrected chi connectivity index (χ3v) is 2.52. The van der Waals surface area contributed by atoms with Gasteiger partial charge in [-0.2, -0.15) is 0 Å². The molecule has 0 aromatic heterocycles. The highest BCUT2D eigenvalue weighted by Gasteiger charge is 2.16. The summed E-state index contributed by atoms with van der Waals surface area (Å²) in [6, 6.07) is 7.88. The molecular weight excluding hydrogens is 240 g/mol. The van der Waals surface area contributed by atoms with Crippen LogP contribution in [0, 0.1) is 0 Å². The fourth-order valence-corrected chi connectivity index (χ4v) is 1.65. The van der Waals surface area contributed by atoms with E-state index in [2.05, 4.69) is 5.43 Å². The Balaban J connectivity index is 2.75. The number of nitrogens with two attached hydrogens (primary N) is 1. The first-order chi connectivity index (χ1) is 8.81.